The molecule has 2 bridgehead atoms. The van der Waals surface area contributed by atoms with Crippen molar-refractivity contribution < 1.29 is 0 Å². The predicted octanol–water partition coefficient (Wildman–Crippen LogP) is 4.77. The molecule has 1 aromatic heterocycles. The Balaban J connectivity index is 1.46. The van der Waals surface area contributed by atoms with Crippen molar-refractivity contribution in [1.29, 1.82) is 0 Å². The quantitative estimate of drug-likeness (QED) is 0.879. The first-order valence-corrected chi connectivity index (χ1v) is 9.14. The lowest BCUT2D eigenvalue weighted by Gasteiger charge is -2.30. The maximum absolute atomic E-state index is 4.80. The molecule has 21 heavy (non-hydrogen) atoms. The normalized spacial score (nSPS) is 30.9. The first-order valence-electron chi connectivity index (χ1n) is 8.32. The van der Waals surface area contributed by atoms with Crippen LogP contribution in [-0.2, 0) is 0 Å². The number of nitrogens with zero attached hydrogens (tertiary/aromatic N) is 1. The van der Waals surface area contributed by atoms with Crippen molar-refractivity contribution in [2.75, 3.05) is 0 Å². The van der Waals surface area contributed by atoms with Crippen molar-refractivity contribution in [1.82, 2.24) is 10.3 Å². The average Bonchev–Trinajstić information content (AvgIpc) is 3.21. The van der Waals surface area contributed by atoms with Crippen molar-refractivity contribution in [2.45, 2.75) is 51.6 Å². The van der Waals surface area contributed by atoms with E-state index in [1.54, 1.807) is 0 Å². The Morgan fingerprint density at radius 2 is 2.05 bits per heavy atom. The molecule has 3 heteroatoms. The molecule has 2 nitrogen and oxygen atoms in total. The topological polar surface area (TPSA) is 24.9 Å². The van der Waals surface area contributed by atoms with E-state index >= 15 is 0 Å². The monoisotopic (exact) mass is 300 g/mol. The summed E-state index contributed by atoms with van der Waals surface area (Å²) in [7, 11) is 0. The molecular weight excluding hydrogens is 276 g/mol. The number of nitrogens with one attached hydrogen (secondary N) is 1. The maximum atomic E-state index is 4.80. The van der Waals surface area contributed by atoms with E-state index in [2.05, 4.69) is 43.4 Å². The van der Waals surface area contributed by atoms with Crippen LogP contribution in [0.2, 0.25) is 0 Å². The Bertz CT molecular complexity index is 602. The van der Waals surface area contributed by atoms with Crippen LogP contribution in [0.3, 0.4) is 0 Å². The van der Waals surface area contributed by atoms with Gasteiger partial charge in [-0.3, -0.25) is 0 Å². The minimum atomic E-state index is 0.358. The first-order chi connectivity index (χ1) is 10.2. The fourth-order valence-electron chi connectivity index (χ4n) is 4.57. The van der Waals surface area contributed by atoms with Crippen molar-refractivity contribution in [3.63, 3.8) is 0 Å². The van der Waals surface area contributed by atoms with Crippen molar-refractivity contribution in [3.05, 3.63) is 29.3 Å². The van der Waals surface area contributed by atoms with E-state index in [1.807, 2.05) is 11.3 Å². The Hall–Kier alpha value is -0.930. The van der Waals surface area contributed by atoms with Gasteiger partial charge in [0.05, 0.1) is 16.3 Å². The van der Waals surface area contributed by atoms with Crippen molar-refractivity contribution >= 4 is 21.6 Å². The summed E-state index contributed by atoms with van der Waals surface area (Å²) >= 11 is 1.83. The van der Waals surface area contributed by atoms with Crippen molar-refractivity contribution in [3.8, 4) is 0 Å². The van der Waals surface area contributed by atoms with Crippen LogP contribution >= 0.6 is 11.3 Å². The van der Waals surface area contributed by atoms with E-state index < -0.39 is 0 Å². The molecule has 0 aliphatic heterocycles. The predicted molar refractivity (Wildman–Crippen MR) is 89.6 cm³/mol. The van der Waals surface area contributed by atoms with Gasteiger partial charge >= 0.3 is 0 Å². The third-order valence-corrected chi connectivity index (χ3v) is 6.85. The lowest BCUT2D eigenvalue weighted by Crippen LogP contribution is -2.37. The fourth-order valence-corrected chi connectivity index (χ4v) is 5.55. The summed E-state index contributed by atoms with van der Waals surface area (Å²) < 4.78 is 1.30. The molecule has 2 aliphatic rings. The number of hydrogen-bond acceptors (Lipinski definition) is 3. The van der Waals surface area contributed by atoms with Gasteiger partial charge in [0.15, 0.2) is 0 Å². The van der Waals surface area contributed by atoms with E-state index in [-0.39, 0.29) is 0 Å². The molecule has 2 aromatic rings. The smallest absolute Gasteiger partial charge is 0.111 e. The molecule has 4 rings (SSSR count). The van der Waals surface area contributed by atoms with Gasteiger partial charge < -0.3 is 5.32 Å². The van der Waals surface area contributed by atoms with E-state index in [4.69, 9.17) is 4.98 Å². The zero-order chi connectivity index (χ0) is 14.4. The van der Waals surface area contributed by atoms with Crippen LogP contribution in [0.1, 0.15) is 50.6 Å². The average molecular weight is 300 g/mol. The van der Waals surface area contributed by atoms with Crippen LogP contribution in [0.15, 0.2) is 24.3 Å². The SMILES string of the molecule is CC(NC(C)C1CC2CCC1C2)c1nc2ccccc2s1. The first kappa shape index (κ1) is 13.7. The summed E-state index contributed by atoms with van der Waals surface area (Å²) in [5.41, 5.74) is 1.14. The van der Waals surface area contributed by atoms with Gasteiger partial charge in [0.25, 0.3) is 0 Å². The summed E-state index contributed by atoms with van der Waals surface area (Å²) in [6.45, 7) is 4.65. The lowest BCUT2D eigenvalue weighted by atomic mass is 9.84. The van der Waals surface area contributed by atoms with E-state index in [9.17, 15) is 0 Å². The van der Waals surface area contributed by atoms with Crippen LogP contribution < -0.4 is 5.32 Å². The van der Waals surface area contributed by atoms with Gasteiger partial charge in [-0.15, -0.1) is 11.3 Å². The molecule has 112 valence electrons. The fraction of sp³-hybridized carbons (Fsp3) is 0.611. The molecule has 1 heterocycles. The highest BCUT2D eigenvalue weighted by atomic mass is 32.1. The maximum Gasteiger partial charge on any atom is 0.111 e. The van der Waals surface area contributed by atoms with Crippen LogP contribution in [0.4, 0.5) is 0 Å². The molecule has 0 spiro atoms. The summed E-state index contributed by atoms with van der Waals surface area (Å²) in [5, 5.41) is 5.06. The zero-order valence-corrected chi connectivity index (χ0v) is 13.7. The molecule has 5 unspecified atom stereocenters. The molecule has 0 saturated heterocycles. The van der Waals surface area contributed by atoms with Crippen molar-refractivity contribution in [2.24, 2.45) is 17.8 Å². The number of fused-ring (bicyclic) bond motifs is 3. The number of para-hydroxylation sites is 1. The van der Waals surface area contributed by atoms with Gasteiger partial charge in [-0.25, -0.2) is 4.98 Å². The highest BCUT2D eigenvalue weighted by Crippen LogP contribution is 2.49. The largest absolute Gasteiger partial charge is 0.305 e. The van der Waals surface area contributed by atoms with E-state index in [1.165, 1.54) is 35.4 Å². The van der Waals surface area contributed by atoms with Gasteiger partial charge in [0, 0.05) is 6.04 Å². The summed E-state index contributed by atoms with van der Waals surface area (Å²) in [4.78, 5) is 4.80. The zero-order valence-electron chi connectivity index (χ0n) is 12.9. The van der Waals surface area contributed by atoms with E-state index in [0.717, 1.165) is 23.3 Å². The minimum absolute atomic E-state index is 0.358. The van der Waals surface area contributed by atoms with Crippen LogP contribution in [-0.4, -0.2) is 11.0 Å². The van der Waals surface area contributed by atoms with Gasteiger partial charge in [-0.2, -0.15) is 0 Å². The Labute approximate surface area is 131 Å². The van der Waals surface area contributed by atoms with E-state index in [0.29, 0.717) is 12.1 Å². The molecule has 2 fully saturated rings. The van der Waals surface area contributed by atoms with Gasteiger partial charge in [0.1, 0.15) is 5.01 Å². The molecule has 2 aliphatic carbocycles. The number of rotatable bonds is 4. The Kier molecular flexibility index (Phi) is 3.50. The summed E-state index contributed by atoms with van der Waals surface area (Å²) in [6.07, 6.45) is 5.90. The third-order valence-electron chi connectivity index (χ3n) is 5.63. The molecule has 0 radical (unpaired) electrons. The second kappa shape index (κ2) is 5.36. The van der Waals surface area contributed by atoms with Crippen LogP contribution in [0.5, 0.6) is 0 Å². The van der Waals surface area contributed by atoms with Crippen LogP contribution in [0, 0.1) is 17.8 Å². The Morgan fingerprint density at radius 1 is 1.19 bits per heavy atom. The van der Waals surface area contributed by atoms with Gasteiger partial charge in [0.2, 0.25) is 0 Å². The molecule has 5 atom stereocenters. The molecule has 2 saturated carbocycles. The molecule has 0 amide bonds. The van der Waals surface area contributed by atoms with Gasteiger partial charge in [-0.1, -0.05) is 18.6 Å². The lowest BCUT2D eigenvalue weighted by molar-refractivity contribution is 0.248. The third kappa shape index (κ3) is 2.51. The second-order valence-corrected chi connectivity index (χ2v) is 8.10. The molecule has 1 aromatic carbocycles. The molecule has 1 N–H and O–H groups in total. The highest BCUT2D eigenvalue weighted by Gasteiger charge is 2.41. The number of benzene rings is 1. The minimum Gasteiger partial charge on any atom is -0.305 e. The second-order valence-electron chi connectivity index (χ2n) is 7.04. The number of thiazole rings is 1. The number of aromatic nitrogens is 1. The highest BCUT2D eigenvalue weighted by molar-refractivity contribution is 7.18. The standard InChI is InChI=1S/C18H24N2S/c1-11(15-10-13-7-8-14(15)9-13)19-12(2)18-20-16-5-3-4-6-17(16)21-18/h3-6,11-15,19H,7-10H2,1-2H3. The summed E-state index contributed by atoms with van der Waals surface area (Å²) in [6, 6.07) is 9.42. The Morgan fingerprint density at radius 3 is 2.76 bits per heavy atom. The van der Waals surface area contributed by atoms with Gasteiger partial charge in [-0.05, 0) is 63.0 Å². The van der Waals surface area contributed by atoms with Crippen LogP contribution in [0.25, 0.3) is 10.2 Å². The number of hydrogen-bond donors (Lipinski definition) is 1. The summed E-state index contributed by atoms with van der Waals surface area (Å²) in [5.74, 6) is 2.91. The molecular formula is C18H24N2S.